The summed E-state index contributed by atoms with van der Waals surface area (Å²) in [6, 6.07) is 1.36. The van der Waals surface area contributed by atoms with E-state index in [1.165, 1.54) is 17.4 Å². The largest absolute Gasteiger partial charge is 0.613 e. The van der Waals surface area contributed by atoms with Gasteiger partial charge in [-0.3, -0.25) is 4.79 Å². The third-order valence-electron chi connectivity index (χ3n) is 5.46. The molecule has 0 saturated carbocycles. The van der Waals surface area contributed by atoms with Crippen LogP contribution >= 0.6 is 8.18 Å². The van der Waals surface area contributed by atoms with Crippen molar-refractivity contribution in [3.63, 3.8) is 0 Å². The Labute approximate surface area is 195 Å². The molecule has 12 heteroatoms. The molecule has 2 heterocycles. The zero-order valence-corrected chi connectivity index (χ0v) is 20.2. The summed E-state index contributed by atoms with van der Waals surface area (Å²) in [5, 5.41) is 18.0. The number of aliphatic imine (C=N–C) groups is 1. The Hall–Kier alpha value is -2.64. The first-order chi connectivity index (χ1) is 15.8. The van der Waals surface area contributed by atoms with Crippen molar-refractivity contribution in [1.29, 1.82) is 5.26 Å². The fourth-order valence-electron chi connectivity index (χ4n) is 3.33. The van der Waals surface area contributed by atoms with Crippen LogP contribution in [0.4, 0.5) is 0 Å². The number of nitriles is 1. The summed E-state index contributed by atoms with van der Waals surface area (Å²) in [5.74, 6) is -0.00263. The molecule has 2 aliphatic rings. The Morgan fingerprint density at radius 2 is 2.30 bits per heavy atom. The van der Waals surface area contributed by atoms with Crippen LogP contribution in [0, 0.1) is 17.2 Å². The summed E-state index contributed by atoms with van der Waals surface area (Å²) >= 11 is 0. The molecule has 0 aromatic rings. The lowest BCUT2D eigenvalue weighted by Crippen LogP contribution is -2.48. The van der Waals surface area contributed by atoms with Crippen LogP contribution in [0.3, 0.4) is 0 Å². The molecule has 0 aromatic heterocycles. The molecule has 11 nitrogen and oxygen atoms in total. The van der Waals surface area contributed by atoms with Crippen LogP contribution in [0.5, 0.6) is 0 Å². The predicted octanol–water partition coefficient (Wildman–Crippen LogP) is 2.70. The molecular formula is C21H32N6O5P+. The van der Waals surface area contributed by atoms with Crippen LogP contribution in [0.25, 0.3) is 0 Å². The topological polar surface area (TPSA) is 152 Å². The van der Waals surface area contributed by atoms with Crippen LogP contribution in [0.1, 0.15) is 46.5 Å². The molecule has 0 amide bonds. The number of rotatable bonds is 12. The lowest BCUT2D eigenvalue weighted by Gasteiger charge is -2.35. The van der Waals surface area contributed by atoms with Crippen molar-refractivity contribution in [3.8, 4) is 6.07 Å². The number of nitrogens with two attached hydrogens (primary N) is 1. The molecule has 2 aliphatic heterocycles. The van der Waals surface area contributed by atoms with Crippen molar-refractivity contribution in [1.82, 2.24) is 10.1 Å². The summed E-state index contributed by atoms with van der Waals surface area (Å²) < 4.78 is 28.9. The molecule has 0 bridgehead atoms. The first-order valence-electron chi connectivity index (χ1n) is 10.9. The van der Waals surface area contributed by atoms with Crippen molar-refractivity contribution >= 4 is 26.3 Å². The van der Waals surface area contributed by atoms with Gasteiger partial charge in [0.2, 0.25) is 5.72 Å². The Morgan fingerprint density at radius 1 is 1.58 bits per heavy atom. The third kappa shape index (κ3) is 6.92. The van der Waals surface area contributed by atoms with Crippen LogP contribution in [-0.4, -0.2) is 54.2 Å². The normalized spacial score (nSPS) is 25.0. The van der Waals surface area contributed by atoms with E-state index in [0.29, 0.717) is 31.1 Å². The highest BCUT2D eigenvalue weighted by Gasteiger charge is 2.49. The molecule has 1 unspecified atom stereocenters. The highest BCUT2D eigenvalue weighted by molar-refractivity contribution is 7.36. The van der Waals surface area contributed by atoms with E-state index in [2.05, 4.69) is 27.8 Å². The zero-order valence-electron chi connectivity index (χ0n) is 19.3. The average Bonchev–Trinajstić information content (AvgIpc) is 3.24. The summed E-state index contributed by atoms with van der Waals surface area (Å²) in [5.41, 5.74) is 4.90. The third-order valence-corrected chi connectivity index (χ3v) is 6.44. The van der Waals surface area contributed by atoms with Gasteiger partial charge < -0.3 is 15.2 Å². The van der Waals surface area contributed by atoms with Gasteiger partial charge in [-0.05, 0) is 29.9 Å². The lowest BCUT2D eigenvalue weighted by molar-refractivity contribution is -0.146. The van der Waals surface area contributed by atoms with Crippen LogP contribution in [0.15, 0.2) is 34.5 Å². The van der Waals surface area contributed by atoms with Gasteiger partial charge >= 0.3 is 14.1 Å². The number of nitrogens with zero attached hydrogens (tertiary/aromatic N) is 4. The van der Waals surface area contributed by atoms with E-state index in [0.717, 1.165) is 12.8 Å². The number of carbonyl (C=O) groups excluding carboxylic acids is 1. The van der Waals surface area contributed by atoms with Gasteiger partial charge in [-0.25, -0.2) is 10.0 Å². The standard InChI is InChI=1S/C21H32N6O5P/c1-5-8-18-19(23)24-14-25-27(18)21(13-22)10-9-17(32-21)12-31-33(29)26-15(4)20(28)30-11-16(6-2)7-3/h5,8,14-17H,1,6-7,9-12H2,2-4H3,(H,26,29)(H2,23,24,25)/q+1/b18-8-/t15-,17-,21-/m0/s1. The summed E-state index contributed by atoms with van der Waals surface area (Å²) in [6.45, 7) is 9.58. The van der Waals surface area contributed by atoms with Gasteiger partial charge in [-0.15, -0.1) is 4.52 Å². The molecule has 1 fully saturated rings. The number of hydrogen-bond donors (Lipinski definition) is 2. The van der Waals surface area contributed by atoms with Crippen molar-refractivity contribution in [3.05, 3.63) is 24.4 Å². The van der Waals surface area contributed by atoms with Gasteiger partial charge in [0.05, 0.1) is 12.7 Å². The van der Waals surface area contributed by atoms with Gasteiger partial charge in [-0.2, -0.15) is 10.4 Å². The van der Waals surface area contributed by atoms with Gasteiger partial charge in [0, 0.05) is 6.42 Å². The van der Waals surface area contributed by atoms with E-state index in [1.54, 1.807) is 13.0 Å². The smallest absolute Gasteiger partial charge is 0.464 e. The SMILES string of the molecule is C=C/C=C1/C(N)=NC=NN1[C@@]1(C#N)CC[C@@H](CO[P+](=O)N[C@@H](C)C(=O)OCC(CC)CC)O1. The Morgan fingerprint density at radius 3 is 2.94 bits per heavy atom. The maximum atomic E-state index is 12.3. The maximum absolute atomic E-state index is 12.3. The molecule has 180 valence electrons. The molecule has 0 spiro atoms. The number of hydrogen-bond acceptors (Lipinski definition) is 10. The molecule has 0 aromatic carbocycles. The van der Waals surface area contributed by atoms with E-state index < -0.39 is 32.0 Å². The molecule has 4 atom stereocenters. The second-order valence-corrected chi connectivity index (χ2v) is 8.77. The molecule has 33 heavy (non-hydrogen) atoms. The fourth-order valence-corrected chi connectivity index (χ4v) is 4.13. The predicted molar refractivity (Wildman–Crippen MR) is 124 cm³/mol. The minimum absolute atomic E-state index is 0.0389. The van der Waals surface area contributed by atoms with Crippen LogP contribution < -0.4 is 10.8 Å². The fraction of sp³-hybridized carbons (Fsp3) is 0.619. The summed E-state index contributed by atoms with van der Waals surface area (Å²) in [4.78, 5) is 16.0. The molecule has 0 aliphatic carbocycles. The minimum Gasteiger partial charge on any atom is -0.464 e. The van der Waals surface area contributed by atoms with Crippen LogP contribution in [-0.2, 0) is 23.4 Å². The summed E-state index contributed by atoms with van der Waals surface area (Å²) in [7, 11) is -2.34. The molecule has 2 rings (SSSR count). The zero-order chi connectivity index (χ0) is 24.4. The van der Waals surface area contributed by atoms with E-state index in [4.69, 9.17) is 19.7 Å². The first-order valence-corrected chi connectivity index (χ1v) is 12.1. The second-order valence-electron chi connectivity index (χ2n) is 7.74. The Balaban J connectivity index is 1.87. The number of esters is 1. The molecule has 3 N–H and O–H groups in total. The van der Waals surface area contributed by atoms with Gasteiger partial charge in [0.1, 0.15) is 30.8 Å². The minimum atomic E-state index is -2.34. The number of amidine groups is 1. The molecular weight excluding hydrogens is 447 g/mol. The van der Waals surface area contributed by atoms with Gasteiger partial charge in [-0.1, -0.05) is 44.4 Å². The maximum Gasteiger partial charge on any atom is 0.613 e. The number of nitrogens with one attached hydrogen (secondary N) is 1. The average molecular weight is 479 g/mol. The Kier molecular flexibility index (Phi) is 10.1. The highest BCUT2D eigenvalue weighted by Crippen LogP contribution is 2.37. The van der Waals surface area contributed by atoms with Crippen LogP contribution in [0.2, 0.25) is 0 Å². The number of carbonyl (C=O) groups is 1. The highest BCUT2D eigenvalue weighted by atomic mass is 31.1. The first kappa shape index (κ1) is 26.6. The van der Waals surface area contributed by atoms with Gasteiger partial charge in [0.15, 0.2) is 5.84 Å². The lowest BCUT2D eigenvalue weighted by atomic mass is 10.1. The van der Waals surface area contributed by atoms with E-state index in [1.807, 2.05) is 13.8 Å². The quantitative estimate of drug-likeness (QED) is 0.318. The van der Waals surface area contributed by atoms with Crippen molar-refractivity contribution in [2.75, 3.05) is 13.2 Å². The molecule has 0 radical (unpaired) electrons. The number of allylic oxidation sites excluding steroid dienone is 2. The number of hydrazone groups is 1. The second kappa shape index (κ2) is 12.6. The van der Waals surface area contributed by atoms with Crippen molar-refractivity contribution < 1.29 is 23.4 Å². The van der Waals surface area contributed by atoms with E-state index >= 15 is 0 Å². The van der Waals surface area contributed by atoms with Gasteiger partial charge in [0.25, 0.3) is 0 Å². The molecule has 1 saturated heterocycles. The monoisotopic (exact) mass is 479 g/mol. The summed E-state index contributed by atoms with van der Waals surface area (Å²) in [6.07, 6.45) is 6.46. The van der Waals surface area contributed by atoms with Crippen molar-refractivity contribution in [2.24, 2.45) is 21.7 Å². The Bertz CT molecular complexity index is 866. The van der Waals surface area contributed by atoms with E-state index in [9.17, 15) is 14.6 Å². The van der Waals surface area contributed by atoms with E-state index in [-0.39, 0.29) is 12.4 Å². The van der Waals surface area contributed by atoms with Crippen molar-refractivity contribution in [2.45, 2.75) is 64.3 Å². The number of ether oxygens (including phenoxy) is 2.